The molecule has 1 fully saturated rings. The molecular formula is C12H18N2O4S. The van der Waals surface area contributed by atoms with Crippen LogP contribution in [0.3, 0.4) is 0 Å². The molecule has 1 aliphatic heterocycles. The number of ketones is 1. The molecule has 19 heavy (non-hydrogen) atoms. The molecule has 1 heterocycles. The topological polar surface area (TPSA) is 86.7 Å². The van der Waals surface area contributed by atoms with E-state index in [2.05, 4.69) is 5.32 Å². The van der Waals surface area contributed by atoms with Crippen LogP contribution in [0.1, 0.15) is 33.1 Å². The Morgan fingerprint density at radius 1 is 1.42 bits per heavy atom. The highest BCUT2D eigenvalue weighted by atomic mass is 32.1. The molecule has 0 spiro atoms. The first-order chi connectivity index (χ1) is 8.82. The van der Waals surface area contributed by atoms with Crippen LogP contribution in [0.4, 0.5) is 0 Å². The van der Waals surface area contributed by atoms with E-state index in [1.165, 1.54) is 13.8 Å². The van der Waals surface area contributed by atoms with Gasteiger partial charge in [0.05, 0.1) is 6.04 Å². The minimum Gasteiger partial charge on any atom is -0.480 e. The maximum absolute atomic E-state index is 11.2. The van der Waals surface area contributed by atoms with E-state index in [4.69, 9.17) is 17.3 Å². The van der Waals surface area contributed by atoms with Crippen LogP contribution in [0.2, 0.25) is 0 Å². The van der Waals surface area contributed by atoms with E-state index in [0.29, 0.717) is 18.0 Å². The number of aliphatic carboxylic acids is 1. The summed E-state index contributed by atoms with van der Waals surface area (Å²) in [5.41, 5.74) is 0. The number of nitrogens with one attached hydrogen (secondary N) is 1. The average molecular weight is 286 g/mol. The molecule has 1 aliphatic rings. The number of amides is 1. The first-order valence-electron chi connectivity index (χ1n) is 6.12. The zero-order valence-corrected chi connectivity index (χ0v) is 11.8. The molecule has 0 saturated carbocycles. The Balaban J connectivity index is 2.82. The van der Waals surface area contributed by atoms with Gasteiger partial charge in [0.1, 0.15) is 16.8 Å². The second-order valence-electron chi connectivity index (χ2n) is 4.69. The molecule has 1 rings (SSSR count). The standard InChI is InChI=1S/C12H18N2O4S/c1-7(15)6-9(13-8(2)16)11(19)14-5-3-4-10(14)12(17)18/h9-10H,3-6H2,1-2H3,(H,13,16)(H,17,18)/t9-,10+/m1/s1. The van der Waals surface area contributed by atoms with Gasteiger partial charge in [0, 0.05) is 19.9 Å². The van der Waals surface area contributed by atoms with Crippen molar-refractivity contribution in [1.82, 2.24) is 10.2 Å². The zero-order valence-electron chi connectivity index (χ0n) is 11.0. The van der Waals surface area contributed by atoms with Crippen LogP contribution >= 0.6 is 12.2 Å². The number of hydrogen-bond donors (Lipinski definition) is 2. The van der Waals surface area contributed by atoms with Crippen LogP contribution < -0.4 is 5.32 Å². The molecule has 7 heteroatoms. The molecule has 0 aromatic carbocycles. The minimum absolute atomic E-state index is 0.0846. The molecule has 2 atom stereocenters. The van der Waals surface area contributed by atoms with Crippen molar-refractivity contribution in [1.29, 1.82) is 0 Å². The smallest absolute Gasteiger partial charge is 0.326 e. The molecule has 0 radical (unpaired) electrons. The molecule has 106 valence electrons. The normalized spacial score (nSPS) is 19.9. The number of thiocarbonyl (C=S) groups is 1. The third-order valence-corrected chi connectivity index (χ3v) is 3.51. The van der Waals surface area contributed by atoms with Crippen molar-refractivity contribution in [3.05, 3.63) is 0 Å². The summed E-state index contributed by atoms with van der Waals surface area (Å²) in [5.74, 6) is -1.32. The molecule has 1 amide bonds. The van der Waals surface area contributed by atoms with E-state index in [1.54, 1.807) is 4.90 Å². The van der Waals surface area contributed by atoms with Crippen LogP contribution in [0.5, 0.6) is 0 Å². The fraction of sp³-hybridized carbons (Fsp3) is 0.667. The lowest BCUT2D eigenvalue weighted by molar-refractivity contribution is -0.140. The second-order valence-corrected chi connectivity index (χ2v) is 5.11. The summed E-state index contributed by atoms with van der Waals surface area (Å²) in [4.78, 5) is 35.4. The predicted octanol–water partition coefficient (Wildman–Crippen LogP) is 0.347. The fourth-order valence-corrected chi connectivity index (χ4v) is 2.58. The molecule has 1 saturated heterocycles. The first-order valence-corrected chi connectivity index (χ1v) is 6.53. The van der Waals surface area contributed by atoms with Crippen LogP contribution in [-0.2, 0) is 14.4 Å². The molecule has 0 aromatic heterocycles. The van der Waals surface area contributed by atoms with Crippen LogP contribution in [0.15, 0.2) is 0 Å². The summed E-state index contributed by atoms with van der Waals surface area (Å²) >= 11 is 5.26. The Morgan fingerprint density at radius 3 is 2.53 bits per heavy atom. The van der Waals surface area contributed by atoms with Crippen molar-refractivity contribution in [2.45, 2.75) is 45.2 Å². The van der Waals surface area contributed by atoms with Gasteiger partial charge in [0.25, 0.3) is 0 Å². The lowest BCUT2D eigenvalue weighted by Gasteiger charge is -2.29. The van der Waals surface area contributed by atoms with Crippen molar-refractivity contribution >= 4 is 34.9 Å². The summed E-state index contributed by atoms with van der Waals surface area (Å²) in [6, 6.07) is -1.26. The van der Waals surface area contributed by atoms with Gasteiger partial charge in [-0.25, -0.2) is 4.79 Å². The van der Waals surface area contributed by atoms with Crippen LogP contribution in [0, 0.1) is 0 Å². The van der Waals surface area contributed by atoms with E-state index >= 15 is 0 Å². The number of rotatable bonds is 5. The largest absolute Gasteiger partial charge is 0.480 e. The molecule has 0 aliphatic carbocycles. The number of carboxylic acid groups (broad SMARTS) is 1. The number of likely N-dealkylation sites (tertiary alicyclic amines) is 1. The van der Waals surface area contributed by atoms with Crippen molar-refractivity contribution in [3.63, 3.8) is 0 Å². The SMILES string of the molecule is CC(=O)C[C@@H](NC(C)=O)C(=S)N1CCC[C@H]1C(=O)O. The van der Waals surface area contributed by atoms with Gasteiger partial charge in [0.15, 0.2) is 0 Å². The van der Waals surface area contributed by atoms with Crippen molar-refractivity contribution < 1.29 is 19.5 Å². The number of hydrogen-bond acceptors (Lipinski definition) is 4. The second kappa shape index (κ2) is 6.60. The lowest BCUT2D eigenvalue weighted by atomic mass is 10.1. The zero-order chi connectivity index (χ0) is 14.6. The van der Waals surface area contributed by atoms with E-state index in [9.17, 15) is 14.4 Å². The van der Waals surface area contributed by atoms with E-state index in [1.807, 2.05) is 0 Å². The highest BCUT2D eigenvalue weighted by Crippen LogP contribution is 2.20. The summed E-state index contributed by atoms with van der Waals surface area (Å²) in [7, 11) is 0. The average Bonchev–Trinajstić information content (AvgIpc) is 2.74. The quantitative estimate of drug-likeness (QED) is 0.709. The highest BCUT2D eigenvalue weighted by Gasteiger charge is 2.35. The van der Waals surface area contributed by atoms with Gasteiger partial charge in [-0.1, -0.05) is 12.2 Å². The predicted molar refractivity (Wildman–Crippen MR) is 72.9 cm³/mol. The molecular weight excluding hydrogens is 268 g/mol. The van der Waals surface area contributed by atoms with Gasteiger partial charge in [-0.2, -0.15) is 0 Å². The van der Waals surface area contributed by atoms with Gasteiger partial charge >= 0.3 is 5.97 Å². The van der Waals surface area contributed by atoms with Crippen molar-refractivity contribution in [2.75, 3.05) is 6.54 Å². The molecule has 2 N–H and O–H groups in total. The minimum atomic E-state index is -0.927. The summed E-state index contributed by atoms with van der Waals surface area (Å²) in [6.07, 6.45) is 1.35. The summed E-state index contributed by atoms with van der Waals surface area (Å²) in [5, 5.41) is 11.7. The van der Waals surface area contributed by atoms with Gasteiger partial charge in [-0.3, -0.25) is 9.59 Å². The third kappa shape index (κ3) is 4.27. The Hall–Kier alpha value is -1.50. The number of nitrogens with zero attached hydrogens (tertiary/aromatic N) is 1. The molecule has 0 bridgehead atoms. The van der Waals surface area contributed by atoms with E-state index < -0.39 is 18.1 Å². The van der Waals surface area contributed by atoms with E-state index in [0.717, 1.165) is 6.42 Å². The van der Waals surface area contributed by atoms with Gasteiger partial charge in [-0.15, -0.1) is 0 Å². The monoisotopic (exact) mass is 286 g/mol. The Morgan fingerprint density at radius 2 is 2.05 bits per heavy atom. The third-order valence-electron chi connectivity index (χ3n) is 2.99. The number of carboxylic acids is 1. The molecule has 6 nitrogen and oxygen atoms in total. The number of carbonyl (C=O) groups excluding carboxylic acids is 2. The maximum atomic E-state index is 11.2. The Bertz CT molecular complexity index is 395. The summed E-state index contributed by atoms with van der Waals surface area (Å²) in [6.45, 7) is 3.30. The lowest BCUT2D eigenvalue weighted by Crippen LogP contribution is -2.51. The van der Waals surface area contributed by atoms with Gasteiger partial charge in [0.2, 0.25) is 5.91 Å². The van der Waals surface area contributed by atoms with Crippen molar-refractivity contribution in [2.24, 2.45) is 0 Å². The highest BCUT2D eigenvalue weighted by molar-refractivity contribution is 7.80. The molecule has 0 unspecified atom stereocenters. The maximum Gasteiger partial charge on any atom is 0.326 e. The van der Waals surface area contributed by atoms with Crippen molar-refractivity contribution in [3.8, 4) is 0 Å². The van der Waals surface area contributed by atoms with Gasteiger partial charge < -0.3 is 15.3 Å². The Kier molecular flexibility index (Phi) is 5.41. The van der Waals surface area contributed by atoms with Gasteiger partial charge in [-0.05, 0) is 19.8 Å². The Labute approximate surface area is 117 Å². The first kappa shape index (κ1) is 15.6. The van der Waals surface area contributed by atoms with Crippen LogP contribution in [0.25, 0.3) is 0 Å². The number of carbonyl (C=O) groups is 3. The molecule has 0 aromatic rings. The summed E-state index contributed by atoms with van der Waals surface area (Å²) < 4.78 is 0. The van der Waals surface area contributed by atoms with Crippen LogP contribution in [-0.4, -0.2) is 51.3 Å². The van der Waals surface area contributed by atoms with E-state index in [-0.39, 0.29) is 18.1 Å². The fourth-order valence-electron chi connectivity index (χ4n) is 2.22. The number of Topliss-reactive ketones (excluding diaryl/α,β-unsaturated/α-hetero) is 1.